The molecule has 0 unspecified atom stereocenters. The first-order valence-corrected chi connectivity index (χ1v) is 9.67. The normalized spacial score (nSPS) is 15.0. The highest BCUT2D eigenvalue weighted by Crippen LogP contribution is 2.34. The van der Waals surface area contributed by atoms with Crippen molar-refractivity contribution < 1.29 is 22.7 Å². The highest BCUT2D eigenvalue weighted by atomic mass is 35.5. The zero-order valence-electron chi connectivity index (χ0n) is 16.0. The number of morpholine rings is 1. The van der Waals surface area contributed by atoms with Crippen molar-refractivity contribution >= 4 is 34.7 Å². The Labute approximate surface area is 175 Å². The van der Waals surface area contributed by atoms with E-state index in [4.69, 9.17) is 16.3 Å². The van der Waals surface area contributed by atoms with E-state index in [-0.39, 0.29) is 23.1 Å². The zero-order chi connectivity index (χ0) is 21.5. The Morgan fingerprint density at radius 3 is 2.63 bits per heavy atom. The average Bonchev–Trinajstić information content (AvgIpc) is 3.07. The molecule has 1 fully saturated rings. The number of carbonyl (C=O) groups is 1. The van der Waals surface area contributed by atoms with Gasteiger partial charge in [0.15, 0.2) is 17.3 Å². The fourth-order valence-corrected chi connectivity index (χ4v) is 3.86. The van der Waals surface area contributed by atoms with Gasteiger partial charge in [0.25, 0.3) is 0 Å². The molecule has 0 atom stereocenters. The third kappa shape index (κ3) is 3.75. The largest absolute Gasteiger partial charge is 0.416 e. The monoisotopic (exact) mass is 438 g/mol. The standard InChI is InChI=1S/C20H18ClF3N4O2/c1-12-13(3-2-4-14(12)20(22,23)24)10-28-15-9-16(27-5-7-30-8-6-27)26-19(21)18(15)25-17(28)11-29/h2-4,9,11H,5-8,10H2,1H3. The lowest BCUT2D eigenvalue weighted by atomic mass is 10.0. The van der Waals surface area contributed by atoms with Crippen LogP contribution in [0, 0.1) is 6.92 Å². The summed E-state index contributed by atoms with van der Waals surface area (Å²) in [7, 11) is 0. The Morgan fingerprint density at radius 2 is 1.97 bits per heavy atom. The minimum absolute atomic E-state index is 0.0449. The molecule has 2 aromatic heterocycles. The summed E-state index contributed by atoms with van der Waals surface area (Å²) < 4.78 is 46.8. The second-order valence-electron chi connectivity index (χ2n) is 7.00. The number of hydrogen-bond acceptors (Lipinski definition) is 5. The lowest BCUT2D eigenvalue weighted by molar-refractivity contribution is -0.138. The summed E-state index contributed by atoms with van der Waals surface area (Å²) in [5, 5.41) is 0.136. The molecule has 0 N–H and O–H groups in total. The number of pyridine rings is 1. The smallest absolute Gasteiger partial charge is 0.378 e. The van der Waals surface area contributed by atoms with Gasteiger partial charge in [0.05, 0.1) is 30.8 Å². The number of halogens is 4. The number of nitrogens with zero attached hydrogens (tertiary/aromatic N) is 4. The Bertz CT molecular complexity index is 1110. The lowest BCUT2D eigenvalue weighted by Crippen LogP contribution is -2.36. The second-order valence-corrected chi connectivity index (χ2v) is 7.36. The number of carbonyl (C=O) groups excluding carboxylic acids is 1. The molecule has 4 rings (SSSR count). The van der Waals surface area contributed by atoms with Crippen LogP contribution in [0.4, 0.5) is 19.0 Å². The lowest BCUT2D eigenvalue weighted by Gasteiger charge is -2.28. The molecule has 3 heterocycles. The van der Waals surface area contributed by atoms with Gasteiger partial charge in [-0.3, -0.25) is 4.79 Å². The first-order valence-electron chi connectivity index (χ1n) is 9.30. The van der Waals surface area contributed by atoms with Crippen molar-refractivity contribution in [2.75, 3.05) is 31.2 Å². The number of rotatable bonds is 4. The van der Waals surface area contributed by atoms with E-state index in [2.05, 4.69) is 9.97 Å². The molecule has 1 aromatic carbocycles. The van der Waals surface area contributed by atoms with Crippen molar-refractivity contribution in [1.82, 2.24) is 14.5 Å². The van der Waals surface area contributed by atoms with Crippen LogP contribution in [0.5, 0.6) is 0 Å². The summed E-state index contributed by atoms with van der Waals surface area (Å²) in [6.07, 6.45) is -3.89. The van der Waals surface area contributed by atoms with Crippen molar-refractivity contribution in [3.63, 3.8) is 0 Å². The highest BCUT2D eigenvalue weighted by Gasteiger charge is 2.33. The summed E-state index contributed by atoms with van der Waals surface area (Å²) in [6.45, 7) is 3.85. The first-order chi connectivity index (χ1) is 14.3. The van der Waals surface area contributed by atoms with Gasteiger partial charge in [-0.05, 0) is 24.1 Å². The second kappa shape index (κ2) is 7.88. The van der Waals surface area contributed by atoms with E-state index in [1.54, 1.807) is 16.7 Å². The number of imidazole rings is 1. The molecule has 1 saturated heterocycles. The molecule has 6 nitrogen and oxygen atoms in total. The third-order valence-electron chi connectivity index (χ3n) is 5.23. The number of hydrogen-bond donors (Lipinski definition) is 0. The molecule has 0 radical (unpaired) electrons. The molecule has 30 heavy (non-hydrogen) atoms. The van der Waals surface area contributed by atoms with Crippen molar-refractivity contribution in [3.05, 3.63) is 51.9 Å². The third-order valence-corrected chi connectivity index (χ3v) is 5.49. The summed E-state index contributed by atoms with van der Waals surface area (Å²) in [4.78, 5) is 22.3. The molecule has 3 aromatic rings. The van der Waals surface area contributed by atoms with Gasteiger partial charge in [0, 0.05) is 19.2 Å². The summed E-state index contributed by atoms with van der Waals surface area (Å²) >= 11 is 6.33. The molecule has 0 bridgehead atoms. The topological polar surface area (TPSA) is 60.2 Å². The first kappa shape index (κ1) is 20.6. The van der Waals surface area contributed by atoms with Crippen LogP contribution in [0.2, 0.25) is 5.15 Å². The number of aromatic nitrogens is 3. The molecule has 0 amide bonds. The molecule has 0 saturated carbocycles. The van der Waals surface area contributed by atoms with Crippen molar-refractivity contribution in [2.24, 2.45) is 0 Å². The predicted octanol–water partition coefficient (Wildman–Crippen LogP) is 4.11. The Hall–Kier alpha value is -2.65. The Balaban J connectivity index is 1.82. The Morgan fingerprint density at radius 1 is 1.23 bits per heavy atom. The molecule has 0 spiro atoms. The van der Waals surface area contributed by atoms with Crippen LogP contribution < -0.4 is 4.90 Å². The number of benzene rings is 1. The van der Waals surface area contributed by atoms with Gasteiger partial charge < -0.3 is 14.2 Å². The van der Waals surface area contributed by atoms with Gasteiger partial charge >= 0.3 is 6.18 Å². The minimum Gasteiger partial charge on any atom is -0.378 e. The van der Waals surface area contributed by atoms with Crippen LogP contribution in [-0.4, -0.2) is 47.1 Å². The van der Waals surface area contributed by atoms with Gasteiger partial charge in [-0.1, -0.05) is 23.7 Å². The fourth-order valence-electron chi connectivity index (χ4n) is 3.63. The quantitative estimate of drug-likeness (QED) is 0.453. The summed E-state index contributed by atoms with van der Waals surface area (Å²) in [6, 6.07) is 5.77. The van der Waals surface area contributed by atoms with E-state index >= 15 is 0 Å². The number of anilines is 1. The van der Waals surface area contributed by atoms with Crippen molar-refractivity contribution in [1.29, 1.82) is 0 Å². The van der Waals surface area contributed by atoms with E-state index in [1.165, 1.54) is 13.0 Å². The predicted molar refractivity (Wildman–Crippen MR) is 106 cm³/mol. The number of alkyl halides is 3. The van der Waals surface area contributed by atoms with Gasteiger partial charge in [-0.25, -0.2) is 9.97 Å². The molecule has 1 aliphatic heterocycles. The molecular weight excluding hydrogens is 421 g/mol. The van der Waals surface area contributed by atoms with E-state index in [9.17, 15) is 18.0 Å². The van der Waals surface area contributed by atoms with Crippen molar-refractivity contribution in [3.8, 4) is 0 Å². The number of ether oxygens (including phenoxy) is 1. The minimum atomic E-state index is -4.46. The zero-order valence-corrected chi connectivity index (χ0v) is 16.8. The van der Waals surface area contributed by atoms with Crippen LogP contribution in [0.25, 0.3) is 11.0 Å². The van der Waals surface area contributed by atoms with Crippen LogP contribution in [0.3, 0.4) is 0 Å². The van der Waals surface area contributed by atoms with Gasteiger partial charge in [0.1, 0.15) is 11.3 Å². The van der Waals surface area contributed by atoms with Gasteiger partial charge in [0.2, 0.25) is 0 Å². The molecule has 1 aliphatic rings. The Kier molecular flexibility index (Phi) is 5.42. The van der Waals surface area contributed by atoms with Crippen molar-refractivity contribution in [2.45, 2.75) is 19.6 Å². The molecular formula is C20H18ClF3N4O2. The summed E-state index contributed by atoms with van der Waals surface area (Å²) in [5.74, 6) is 0.680. The highest BCUT2D eigenvalue weighted by molar-refractivity contribution is 6.34. The maximum Gasteiger partial charge on any atom is 0.416 e. The number of aldehydes is 1. The van der Waals surface area contributed by atoms with Gasteiger partial charge in [-0.15, -0.1) is 0 Å². The fraction of sp³-hybridized carbons (Fsp3) is 0.350. The maximum atomic E-state index is 13.3. The van der Waals surface area contributed by atoms with Gasteiger partial charge in [-0.2, -0.15) is 13.2 Å². The van der Waals surface area contributed by atoms with E-state index in [0.29, 0.717) is 55.0 Å². The van der Waals surface area contributed by atoms with Crippen LogP contribution in [-0.2, 0) is 17.5 Å². The van der Waals surface area contributed by atoms with Crippen LogP contribution >= 0.6 is 11.6 Å². The van der Waals surface area contributed by atoms with Crippen LogP contribution in [0.1, 0.15) is 27.3 Å². The van der Waals surface area contributed by atoms with E-state index < -0.39 is 11.7 Å². The average molecular weight is 439 g/mol. The maximum absolute atomic E-state index is 13.3. The van der Waals surface area contributed by atoms with Crippen LogP contribution in [0.15, 0.2) is 24.3 Å². The number of fused-ring (bicyclic) bond motifs is 1. The molecule has 10 heteroatoms. The van der Waals surface area contributed by atoms with E-state index in [1.807, 2.05) is 4.90 Å². The molecule has 158 valence electrons. The SMILES string of the molecule is Cc1c(Cn2c(C=O)nc3c(Cl)nc(N4CCOCC4)cc32)cccc1C(F)(F)F. The summed E-state index contributed by atoms with van der Waals surface area (Å²) in [5.41, 5.74) is 0.715. The molecule has 0 aliphatic carbocycles. The van der Waals surface area contributed by atoms with E-state index in [0.717, 1.165) is 6.07 Å².